The van der Waals surface area contributed by atoms with Crippen molar-refractivity contribution in [3.05, 3.63) is 0 Å². The first kappa shape index (κ1) is 47.6. The van der Waals surface area contributed by atoms with Gasteiger partial charge >= 0.3 is 0 Å². The average Bonchev–Trinajstić information content (AvgIpc) is 0. The fourth-order valence-corrected chi connectivity index (χ4v) is 0. The monoisotopic (exact) mass is 297 g/mol. The Labute approximate surface area is 86.4 Å². The van der Waals surface area contributed by atoms with Crippen molar-refractivity contribution in [1.82, 2.24) is 0 Å². The molecule has 0 aliphatic carbocycles. The van der Waals surface area contributed by atoms with E-state index in [-0.39, 0.29) is 87.5 Å². The van der Waals surface area contributed by atoms with Crippen LogP contribution >= 0.6 is 0 Å². The van der Waals surface area contributed by atoms with Crippen molar-refractivity contribution in [2.24, 2.45) is 0 Å². The molecular formula is CoCuFeMnZn. The largest absolute Gasteiger partial charge is 0 e. The summed E-state index contributed by atoms with van der Waals surface area (Å²) in [5, 5.41) is 0. The molecule has 5 heavy (non-hydrogen) atoms. The van der Waals surface area contributed by atoms with E-state index in [1.807, 2.05) is 0 Å². The predicted molar refractivity (Wildman–Crippen MR) is 0 cm³/mol. The summed E-state index contributed by atoms with van der Waals surface area (Å²) in [4.78, 5) is 0. The third-order valence-corrected chi connectivity index (χ3v) is 0. The van der Waals surface area contributed by atoms with Crippen LogP contribution in [0.2, 0.25) is 0 Å². The Hall–Kier alpha value is 2.69. The molecule has 5 heteroatoms. The van der Waals surface area contributed by atoms with Crippen LogP contribution in [0.15, 0.2) is 0 Å². The molecule has 0 fully saturated rings. The molecule has 0 bridgehead atoms. The Kier molecular flexibility index (Phi) is 285. The molecule has 3 radical (unpaired) electrons. The van der Waals surface area contributed by atoms with E-state index in [1.165, 1.54) is 0 Å². The Balaban J connectivity index is 0. The molecule has 0 N–H and O–H groups in total. The first-order chi connectivity index (χ1) is 0. The molecule has 0 rings (SSSR count). The van der Waals surface area contributed by atoms with E-state index in [2.05, 4.69) is 0 Å². The summed E-state index contributed by atoms with van der Waals surface area (Å²) in [5.41, 5.74) is 0. The molecular weight excluding hydrogens is 299 g/mol. The Morgan fingerprint density at radius 3 is 1.00 bits per heavy atom. The zero-order valence-electron chi connectivity index (χ0n) is 2.07. The zero-order valence-corrected chi connectivity index (χ0v) is 9.31. The van der Waals surface area contributed by atoms with Crippen molar-refractivity contribution in [1.29, 1.82) is 0 Å². The van der Waals surface area contributed by atoms with Crippen molar-refractivity contribution in [2.75, 3.05) is 0 Å². The van der Waals surface area contributed by atoms with E-state index in [0.717, 1.165) is 0 Å². The smallest absolute Gasteiger partial charge is 0 e. The molecule has 0 aliphatic rings. The topological polar surface area (TPSA) is 0 Å². The van der Waals surface area contributed by atoms with Crippen LogP contribution in [0.5, 0.6) is 0 Å². The first-order valence-corrected chi connectivity index (χ1v) is 0. The van der Waals surface area contributed by atoms with Gasteiger partial charge in [-0.1, -0.05) is 0 Å². The van der Waals surface area contributed by atoms with E-state index in [9.17, 15) is 0 Å². The summed E-state index contributed by atoms with van der Waals surface area (Å²) in [6, 6.07) is 0. The average molecular weight is 299 g/mol. The van der Waals surface area contributed by atoms with E-state index in [4.69, 9.17) is 0 Å². The Morgan fingerprint density at radius 1 is 1.00 bits per heavy atom. The van der Waals surface area contributed by atoms with Crippen LogP contribution in [-0.2, 0) is 87.5 Å². The summed E-state index contributed by atoms with van der Waals surface area (Å²) in [5.74, 6) is 0. The maximum atomic E-state index is 0. The molecule has 0 heterocycles. The minimum absolute atomic E-state index is 0. The number of rotatable bonds is 0. The summed E-state index contributed by atoms with van der Waals surface area (Å²) < 4.78 is 0. The van der Waals surface area contributed by atoms with Gasteiger partial charge < -0.3 is 0 Å². The van der Waals surface area contributed by atoms with Crippen LogP contribution in [-0.4, -0.2) is 0 Å². The second-order valence-corrected chi connectivity index (χ2v) is 0. The summed E-state index contributed by atoms with van der Waals surface area (Å²) in [7, 11) is 0. The molecule has 0 atom stereocenters. The fourth-order valence-electron chi connectivity index (χ4n) is 0. The van der Waals surface area contributed by atoms with E-state index in [0.29, 0.717) is 0 Å². The van der Waals surface area contributed by atoms with Gasteiger partial charge in [0.25, 0.3) is 0 Å². The van der Waals surface area contributed by atoms with Crippen molar-refractivity contribution < 1.29 is 87.5 Å². The van der Waals surface area contributed by atoms with Gasteiger partial charge in [0.15, 0.2) is 0 Å². The molecule has 0 nitrogen and oxygen atoms in total. The second-order valence-electron chi connectivity index (χ2n) is 0. The van der Waals surface area contributed by atoms with Crippen LogP contribution in [0.1, 0.15) is 0 Å². The number of hydrogen-bond donors (Lipinski definition) is 0. The molecule has 0 saturated heterocycles. The van der Waals surface area contributed by atoms with Gasteiger partial charge in [-0.25, -0.2) is 0 Å². The van der Waals surface area contributed by atoms with Crippen LogP contribution in [0.25, 0.3) is 0 Å². The summed E-state index contributed by atoms with van der Waals surface area (Å²) in [6.07, 6.45) is 0. The van der Waals surface area contributed by atoms with Crippen molar-refractivity contribution in [2.45, 2.75) is 0 Å². The fraction of sp³-hybridized carbons (Fsp3) is 0. The van der Waals surface area contributed by atoms with Crippen LogP contribution in [0.4, 0.5) is 0 Å². The van der Waals surface area contributed by atoms with Gasteiger partial charge in [-0.05, 0) is 0 Å². The molecule has 37 valence electrons. The molecule has 0 aromatic rings. The van der Waals surface area contributed by atoms with Crippen molar-refractivity contribution in [3.63, 3.8) is 0 Å². The van der Waals surface area contributed by atoms with E-state index < -0.39 is 0 Å². The van der Waals surface area contributed by atoms with Gasteiger partial charge in [0.2, 0.25) is 0 Å². The summed E-state index contributed by atoms with van der Waals surface area (Å²) in [6.45, 7) is 0. The van der Waals surface area contributed by atoms with Gasteiger partial charge in [0, 0.05) is 87.5 Å². The van der Waals surface area contributed by atoms with Gasteiger partial charge in [-0.3, -0.25) is 0 Å². The standard InChI is InChI=1S/Co.Cu.Fe.Mn.Zn. The van der Waals surface area contributed by atoms with Crippen LogP contribution < -0.4 is 0 Å². The Morgan fingerprint density at radius 2 is 1.00 bits per heavy atom. The molecule has 0 aromatic heterocycles. The van der Waals surface area contributed by atoms with Crippen LogP contribution in [0, 0.1) is 0 Å². The maximum Gasteiger partial charge on any atom is 0 e. The van der Waals surface area contributed by atoms with Gasteiger partial charge in [-0.2, -0.15) is 0 Å². The molecule has 0 aromatic carbocycles. The van der Waals surface area contributed by atoms with E-state index >= 15 is 0 Å². The number of hydrogen-bond acceptors (Lipinski definition) is 0. The first-order valence-electron chi connectivity index (χ1n) is 0. The molecule has 0 aliphatic heterocycles. The predicted octanol–water partition coefficient (Wildman–Crippen LogP) is -0.0125. The molecule has 0 spiro atoms. The SMILES string of the molecule is [Co].[Cu].[Fe].[Mn].[Zn]. The Bertz CT molecular complexity index is 11.6. The van der Waals surface area contributed by atoms with Gasteiger partial charge in [0.1, 0.15) is 0 Å². The summed E-state index contributed by atoms with van der Waals surface area (Å²) >= 11 is 0. The second kappa shape index (κ2) is 29.9. The minimum Gasteiger partial charge on any atom is 0 e. The third-order valence-electron chi connectivity index (χ3n) is 0. The maximum absolute atomic E-state index is 0. The normalized spacial score (nSPS) is 0. The zero-order chi connectivity index (χ0) is 0. The molecule has 0 saturated carbocycles. The van der Waals surface area contributed by atoms with Gasteiger partial charge in [-0.15, -0.1) is 0 Å². The van der Waals surface area contributed by atoms with E-state index in [1.54, 1.807) is 0 Å². The third kappa shape index (κ3) is 20.3. The molecule has 0 unspecified atom stereocenters. The van der Waals surface area contributed by atoms with Crippen LogP contribution in [0.3, 0.4) is 0 Å². The van der Waals surface area contributed by atoms with Crippen molar-refractivity contribution in [3.8, 4) is 0 Å². The molecule has 0 amide bonds. The minimum atomic E-state index is 0. The van der Waals surface area contributed by atoms with Crippen molar-refractivity contribution >= 4 is 0 Å². The van der Waals surface area contributed by atoms with Gasteiger partial charge in [0.05, 0.1) is 0 Å². The quantitative estimate of drug-likeness (QED) is 0.552.